The maximum Gasteiger partial charge on any atom is 0.420 e. The number of thiophene rings is 1. The number of amides is 1. The van der Waals surface area contributed by atoms with Crippen LogP contribution in [0.15, 0.2) is 51.0 Å². The van der Waals surface area contributed by atoms with Crippen LogP contribution in [0, 0.1) is 0 Å². The number of carbonyl (C=O) groups excluding carboxylic acids is 1. The topological polar surface area (TPSA) is 64.2 Å². The van der Waals surface area contributed by atoms with E-state index in [1.165, 1.54) is 22.3 Å². The zero-order valence-corrected chi connectivity index (χ0v) is 14.7. The summed E-state index contributed by atoms with van der Waals surface area (Å²) >= 11 is 1.76. The summed E-state index contributed by atoms with van der Waals surface area (Å²) < 4.78 is 6.57. The molecule has 1 aliphatic rings. The number of nitrogens with one attached hydrogen (secondary N) is 1. The number of rotatable bonds is 5. The van der Waals surface area contributed by atoms with Crippen LogP contribution in [0.4, 0.5) is 0 Å². The molecule has 5 nitrogen and oxygen atoms in total. The average molecular weight is 356 g/mol. The zero-order valence-electron chi connectivity index (χ0n) is 13.9. The third-order valence-electron chi connectivity index (χ3n) is 5.10. The van der Waals surface area contributed by atoms with Gasteiger partial charge in [-0.1, -0.05) is 31.0 Å². The van der Waals surface area contributed by atoms with E-state index in [-0.39, 0.29) is 17.9 Å². The molecule has 1 aliphatic carbocycles. The van der Waals surface area contributed by atoms with E-state index in [2.05, 4.69) is 22.8 Å². The monoisotopic (exact) mass is 356 g/mol. The van der Waals surface area contributed by atoms with E-state index in [1.54, 1.807) is 29.5 Å². The van der Waals surface area contributed by atoms with Crippen molar-refractivity contribution < 1.29 is 9.21 Å². The van der Waals surface area contributed by atoms with E-state index >= 15 is 0 Å². The van der Waals surface area contributed by atoms with Gasteiger partial charge in [-0.25, -0.2) is 4.79 Å². The number of carbonyl (C=O) groups is 1. The minimum absolute atomic E-state index is 0.0175. The Balaban J connectivity index is 1.49. The molecule has 4 rings (SSSR count). The minimum atomic E-state index is -0.495. The van der Waals surface area contributed by atoms with Crippen LogP contribution >= 0.6 is 11.3 Å². The van der Waals surface area contributed by atoms with Crippen molar-refractivity contribution in [1.82, 2.24) is 9.88 Å². The van der Waals surface area contributed by atoms with Crippen LogP contribution in [-0.4, -0.2) is 17.0 Å². The lowest BCUT2D eigenvalue weighted by Gasteiger charge is -2.28. The molecule has 1 fully saturated rings. The summed E-state index contributed by atoms with van der Waals surface area (Å²) in [6.45, 7) is 0.604. The van der Waals surface area contributed by atoms with Crippen molar-refractivity contribution in [2.75, 3.05) is 6.54 Å². The highest BCUT2D eigenvalue weighted by Gasteiger charge is 2.36. The Labute approximate surface area is 149 Å². The van der Waals surface area contributed by atoms with Crippen molar-refractivity contribution in [2.45, 2.75) is 37.6 Å². The molecule has 2 heterocycles. The summed E-state index contributed by atoms with van der Waals surface area (Å²) in [6, 6.07) is 11.4. The highest BCUT2D eigenvalue weighted by Crippen LogP contribution is 2.42. The van der Waals surface area contributed by atoms with Gasteiger partial charge in [-0.3, -0.25) is 9.36 Å². The van der Waals surface area contributed by atoms with E-state index in [0.29, 0.717) is 17.6 Å². The predicted octanol–water partition coefficient (Wildman–Crippen LogP) is 3.28. The van der Waals surface area contributed by atoms with Gasteiger partial charge in [-0.15, -0.1) is 11.3 Å². The largest absolute Gasteiger partial charge is 0.420 e. The lowest BCUT2D eigenvalue weighted by atomic mass is 9.84. The molecule has 0 atom stereocenters. The first-order chi connectivity index (χ1) is 12.2. The third kappa shape index (κ3) is 3.02. The Hall–Kier alpha value is -2.34. The molecule has 0 radical (unpaired) electrons. The lowest BCUT2D eigenvalue weighted by molar-refractivity contribution is -0.122. The Kier molecular flexibility index (Phi) is 4.21. The van der Waals surface area contributed by atoms with Crippen molar-refractivity contribution in [1.29, 1.82) is 0 Å². The fourth-order valence-electron chi connectivity index (χ4n) is 3.77. The van der Waals surface area contributed by atoms with Gasteiger partial charge >= 0.3 is 5.76 Å². The fourth-order valence-corrected chi connectivity index (χ4v) is 4.76. The maximum absolute atomic E-state index is 12.5. The van der Waals surface area contributed by atoms with E-state index in [4.69, 9.17) is 4.42 Å². The summed E-state index contributed by atoms with van der Waals surface area (Å²) in [6.07, 6.45) is 4.59. The molecule has 0 unspecified atom stereocenters. The molecule has 2 aromatic heterocycles. The number of hydrogen-bond acceptors (Lipinski definition) is 4. The first-order valence-electron chi connectivity index (χ1n) is 8.57. The average Bonchev–Trinajstić information content (AvgIpc) is 3.34. The van der Waals surface area contributed by atoms with Crippen molar-refractivity contribution >= 4 is 28.3 Å². The maximum atomic E-state index is 12.5. The number of fused-ring (bicyclic) bond motifs is 1. The Morgan fingerprint density at radius 2 is 2.00 bits per heavy atom. The normalized spacial score (nSPS) is 16.3. The van der Waals surface area contributed by atoms with Gasteiger partial charge in [0.15, 0.2) is 5.58 Å². The van der Waals surface area contributed by atoms with Crippen molar-refractivity contribution in [3.63, 3.8) is 0 Å². The molecular weight excluding hydrogens is 336 g/mol. The SMILES string of the molecule is O=C(Cn1c(=O)oc2ccccc21)NCC1(c2cccs2)CCCC1. The predicted molar refractivity (Wildman–Crippen MR) is 97.9 cm³/mol. The van der Waals surface area contributed by atoms with Crippen LogP contribution in [0.5, 0.6) is 0 Å². The van der Waals surface area contributed by atoms with Gasteiger partial charge in [0.1, 0.15) is 6.54 Å². The van der Waals surface area contributed by atoms with Gasteiger partial charge in [0.2, 0.25) is 5.91 Å². The van der Waals surface area contributed by atoms with E-state index in [0.717, 1.165) is 12.8 Å². The number of oxazole rings is 1. The first kappa shape index (κ1) is 16.1. The summed E-state index contributed by atoms with van der Waals surface area (Å²) in [5.74, 6) is -0.651. The van der Waals surface area contributed by atoms with Crippen LogP contribution < -0.4 is 11.1 Å². The summed E-state index contributed by atoms with van der Waals surface area (Å²) in [4.78, 5) is 25.8. The van der Waals surface area contributed by atoms with E-state index < -0.39 is 5.76 Å². The molecule has 1 saturated carbocycles. The Bertz CT molecular complexity index is 933. The lowest BCUT2D eigenvalue weighted by Crippen LogP contribution is -2.40. The molecule has 1 aromatic carbocycles. The van der Waals surface area contributed by atoms with Crippen LogP contribution in [-0.2, 0) is 16.8 Å². The van der Waals surface area contributed by atoms with Crippen molar-refractivity contribution in [3.05, 3.63) is 57.2 Å². The quantitative estimate of drug-likeness (QED) is 0.763. The second-order valence-corrected chi connectivity index (χ2v) is 7.61. The first-order valence-corrected chi connectivity index (χ1v) is 9.45. The van der Waals surface area contributed by atoms with Gasteiger partial charge in [-0.2, -0.15) is 0 Å². The smallest absolute Gasteiger partial charge is 0.408 e. The van der Waals surface area contributed by atoms with Gasteiger partial charge < -0.3 is 9.73 Å². The Morgan fingerprint density at radius 3 is 2.76 bits per heavy atom. The highest BCUT2D eigenvalue weighted by molar-refractivity contribution is 7.10. The van der Waals surface area contributed by atoms with Gasteiger partial charge in [-0.05, 0) is 36.4 Å². The Morgan fingerprint density at radius 1 is 1.20 bits per heavy atom. The minimum Gasteiger partial charge on any atom is -0.408 e. The molecule has 1 amide bonds. The summed E-state index contributed by atoms with van der Waals surface area (Å²) in [5, 5.41) is 5.14. The van der Waals surface area contributed by atoms with Crippen LogP contribution in [0.1, 0.15) is 30.6 Å². The molecule has 25 heavy (non-hydrogen) atoms. The van der Waals surface area contributed by atoms with Gasteiger partial charge in [0.25, 0.3) is 0 Å². The van der Waals surface area contributed by atoms with E-state index in [9.17, 15) is 9.59 Å². The molecule has 0 bridgehead atoms. The second kappa shape index (κ2) is 6.52. The van der Waals surface area contributed by atoms with Crippen molar-refractivity contribution in [3.8, 4) is 0 Å². The molecule has 0 spiro atoms. The molecule has 3 aromatic rings. The molecule has 1 N–H and O–H groups in total. The third-order valence-corrected chi connectivity index (χ3v) is 6.22. The van der Waals surface area contributed by atoms with Crippen LogP contribution in [0.3, 0.4) is 0 Å². The number of hydrogen-bond donors (Lipinski definition) is 1. The van der Waals surface area contributed by atoms with Gasteiger partial charge in [0.05, 0.1) is 5.52 Å². The molecule has 130 valence electrons. The molecule has 0 saturated heterocycles. The molecule has 0 aliphatic heterocycles. The number of para-hydroxylation sites is 2. The summed E-state index contributed by atoms with van der Waals surface area (Å²) in [5.41, 5.74) is 1.20. The molecular formula is C19H20N2O3S. The zero-order chi connectivity index (χ0) is 17.3. The fraction of sp³-hybridized carbons (Fsp3) is 0.368. The van der Waals surface area contributed by atoms with Crippen LogP contribution in [0.2, 0.25) is 0 Å². The van der Waals surface area contributed by atoms with Crippen LogP contribution in [0.25, 0.3) is 11.1 Å². The second-order valence-electron chi connectivity index (χ2n) is 6.66. The number of benzene rings is 1. The van der Waals surface area contributed by atoms with Gasteiger partial charge in [0, 0.05) is 16.8 Å². The van der Waals surface area contributed by atoms with E-state index in [1.807, 2.05) is 6.07 Å². The van der Waals surface area contributed by atoms with Crippen molar-refractivity contribution in [2.24, 2.45) is 0 Å². The molecule has 6 heteroatoms. The summed E-state index contributed by atoms with van der Waals surface area (Å²) in [7, 11) is 0. The standard InChI is InChI=1S/C19H20N2O3S/c22-17(12-21-14-6-1-2-7-15(14)24-18(21)23)20-13-19(9-3-4-10-19)16-8-5-11-25-16/h1-2,5-8,11H,3-4,9-10,12-13H2,(H,20,22). The highest BCUT2D eigenvalue weighted by atomic mass is 32.1. The number of aromatic nitrogens is 1. The number of nitrogens with zero attached hydrogens (tertiary/aromatic N) is 1.